The molecule has 3 aromatic carbocycles. The maximum absolute atomic E-state index is 13.6. The molecule has 2 amide bonds. The van der Waals surface area contributed by atoms with Crippen LogP contribution in [0.3, 0.4) is 0 Å². The first-order valence-electron chi connectivity index (χ1n) is 10.9. The van der Waals surface area contributed by atoms with Crippen molar-refractivity contribution in [1.29, 1.82) is 0 Å². The number of nitrogens with one attached hydrogen (secondary N) is 1. The summed E-state index contributed by atoms with van der Waals surface area (Å²) in [4.78, 5) is 32.3. The van der Waals surface area contributed by atoms with Gasteiger partial charge in [0.05, 0.1) is 6.04 Å². The third kappa shape index (κ3) is 7.76. The van der Waals surface area contributed by atoms with Gasteiger partial charge in [-0.2, -0.15) is 42.0 Å². The van der Waals surface area contributed by atoms with Crippen LogP contribution < -0.4 is 10.2 Å². The number of hydrogen-bond acceptors (Lipinski definition) is 4. The molecule has 1 atom stereocenters. The molecule has 0 spiro atoms. The SMILES string of the molecule is C#Cc1nc(C(=O)N(c2ccc(F)cc2)C(C(=O)NC(C)(C)C)c2cc[cH-]c2)cs1.[Fe+2].c1cc[cH-]c1. The molecule has 8 heteroatoms. The van der Waals surface area contributed by atoms with Crippen LogP contribution in [0.2, 0.25) is 0 Å². The molecule has 0 saturated carbocycles. The first kappa shape index (κ1) is 28.7. The molecule has 0 saturated heterocycles. The Kier molecular flexibility index (Phi) is 10.4. The molecule has 0 aliphatic heterocycles. The predicted octanol–water partition coefficient (Wildman–Crippen LogP) is 5.69. The van der Waals surface area contributed by atoms with Gasteiger partial charge in [-0.15, -0.1) is 17.8 Å². The normalized spacial score (nSPS) is 11.2. The van der Waals surface area contributed by atoms with Crippen LogP contribution in [-0.2, 0) is 21.9 Å². The van der Waals surface area contributed by atoms with E-state index in [9.17, 15) is 14.0 Å². The Balaban J connectivity index is 0.000000678. The van der Waals surface area contributed by atoms with Gasteiger partial charge in [-0.25, -0.2) is 27.6 Å². The molecule has 1 N–H and O–H groups in total. The van der Waals surface area contributed by atoms with Crippen LogP contribution in [0, 0.1) is 18.2 Å². The monoisotopic (exact) mass is 543 g/mol. The second-order valence-corrected chi connectivity index (χ2v) is 9.51. The number of benzene rings is 1. The average Bonchev–Trinajstić information content (AvgIpc) is 3.60. The molecule has 5 nitrogen and oxygen atoms in total. The van der Waals surface area contributed by atoms with Crippen molar-refractivity contribution in [3.8, 4) is 12.3 Å². The Hall–Kier alpha value is -3.50. The summed E-state index contributed by atoms with van der Waals surface area (Å²) in [5.74, 6) is 1.09. The quantitative estimate of drug-likeness (QED) is 0.200. The molecule has 0 fully saturated rings. The number of amides is 2. The summed E-state index contributed by atoms with van der Waals surface area (Å²) in [5, 5.41) is 4.85. The number of anilines is 1. The number of hydrogen-bond donors (Lipinski definition) is 1. The number of aromatic nitrogens is 1. The fourth-order valence-electron chi connectivity index (χ4n) is 3.29. The van der Waals surface area contributed by atoms with Gasteiger partial charge < -0.3 is 10.2 Å². The molecule has 0 aliphatic carbocycles. The number of halogens is 1. The van der Waals surface area contributed by atoms with E-state index in [0.29, 0.717) is 16.3 Å². The van der Waals surface area contributed by atoms with E-state index in [0.717, 1.165) is 0 Å². The molecule has 4 rings (SSSR count). The average molecular weight is 543 g/mol. The van der Waals surface area contributed by atoms with Crippen molar-refractivity contribution < 1.29 is 31.0 Å². The fourth-order valence-corrected chi connectivity index (χ4v) is 3.89. The maximum Gasteiger partial charge on any atom is 2.00 e. The minimum Gasteiger partial charge on any atom is -0.350 e. The summed E-state index contributed by atoms with van der Waals surface area (Å²) in [6, 6.07) is 21.5. The van der Waals surface area contributed by atoms with Crippen molar-refractivity contribution in [2.45, 2.75) is 32.4 Å². The van der Waals surface area contributed by atoms with Gasteiger partial charge in [-0.3, -0.25) is 9.59 Å². The Bertz CT molecular complexity index is 1250. The van der Waals surface area contributed by atoms with Crippen molar-refractivity contribution in [2.75, 3.05) is 4.90 Å². The standard InChI is InChI=1S/C23H21FN3O2S.C5H5.Fe/c1-5-19-25-18(14-30-19)22(29)27(17-12-10-16(24)11-13-17)20(15-8-6-7-9-15)21(28)26-23(2,3)4;1-2-4-5-3-1;/h1,6-14,20H,2-4H3,(H,26,28);1-5H;/q2*-1;+2. The largest absolute Gasteiger partial charge is 2.00 e. The van der Waals surface area contributed by atoms with Crippen LogP contribution in [0.25, 0.3) is 0 Å². The minimum atomic E-state index is -0.979. The van der Waals surface area contributed by atoms with Crippen molar-refractivity contribution in [3.05, 3.63) is 106 Å². The van der Waals surface area contributed by atoms with E-state index in [-0.39, 0.29) is 28.7 Å². The van der Waals surface area contributed by atoms with Gasteiger partial charge in [-0.05, 0) is 51.0 Å². The zero-order valence-electron chi connectivity index (χ0n) is 20.1. The van der Waals surface area contributed by atoms with E-state index in [1.807, 2.05) is 51.1 Å². The fraction of sp³-hybridized carbons (Fsp3) is 0.179. The second-order valence-electron chi connectivity index (χ2n) is 8.66. The molecular weight excluding hydrogens is 517 g/mol. The van der Waals surface area contributed by atoms with Gasteiger partial charge in [0.2, 0.25) is 5.91 Å². The van der Waals surface area contributed by atoms with Crippen LogP contribution in [0.1, 0.15) is 47.9 Å². The van der Waals surface area contributed by atoms with Crippen LogP contribution in [0.15, 0.2) is 84.2 Å². The van der Waals surface area contributed by atoms with Crippen molar-refractivity contribution in [2.24, 2.45) is 0 Å². The zero-order chi connectivity index (χ0) is 25.4. The summed E-state index contributed by atoms with van der Waals surface area (Å²) in [6.45, 7) is 5.57. The third-order valence-corrected chi connectivity index (χ3v) is 5.51. The summed E-state index contributed by atoms with van der Waals surface area (Å²) in [6.07, 6.45) is 5.39. The molecular formula is C28H26FFeN3O2S. The predicted molar refractivity (Wildman–Crippen MR) is 138 cm³/mol. The molecule has 1 heterocycles. The molecule has 186 valence electrons. The Morgan fingerprint density at radius 3 is 2.25 bits per heavy atom. The minimum absolute atomic E-state index is 0. The number of thiazole rings is 1. The zero-order valence-corrected chi connectivity index (χ0v) is 22.0. The van der Waals surface area contributed by atoms with Crippen molar-refractivity contribution in [1.82, 2.24) is 10.3 Å². The Labute approximate surface area is 225 Å². The first-order valence-corrected chi connectivity index (χ1v) is 11.8. The smallest absolute Gasteiger partial charge is 0.350 e. The third-order valence-electron chi connectivity index (χ3n) is 4.73. The van der Waals surface area contributed by atoms with E-state index < -0.39 is 23.3 Å². The van der Waals surface area contributed by atoms with E-state index in [1.165, 1.54) is 40.5 Å². The van der Waals surface area contributed by atoms with Crippen LogP contribution in [0.4, 0.5) is 10.1 Å². The molecule has 0 aliphatic rings. The number of terminal acetylenes is 1. The van der Waals surface area contributed by atoms with Crippen LogP contribution in [0.5, 0.6) is 0 Å². The van der Waals surface area contributed by atoms with Crippen molar-refractivity contribution >= 4 is 28.8 Å². The van der Waals surface area contributed by atoms with E-state index in [2.05, 4.69) is 16.2 Å². The van der Waals surface area contributed by atoms with Gasteiger partial charge in [0.15, 0.2) is 5.01 Å². The number of rotatable bonds is 5. The van der Waals surface area contributed by atoms with Gasteiger partial charge >= 0.3 is 17.1 Å². The Morgan fingerprint density at radius 2 is 1.78 bits per heavy atom. The van der Waals surface area contributed by atoms with Gasteiger partial charge in [0.1, 0.15) is 11.5 Å². The molecule has 0 radical (unpaired) electrons. The molecule has 36 heavy (non-hydrogen) atoms. The van der Waals surface area contributed by atoms with E-state index >= 15 is 0 Å². The van der Waals surface area contributed by atoms with E-state index in [4.69, 9.17) is 6.42 Å². The summed E-state index contributed by atoms with van der Waals surface area (Å²) in [7, 11) is 0. The van der Waals surface area contributed by atoms with Gasteiger partial charge in [0.25, 0.3) is 5.91 Å². The Morgan fingerprint density at radius 1 is 1.11 bits per heavy atom. The van der Waals surface area contributed by atoms with Gasteiger partial charge in [-0.1, -0.05) is 0 Å². The molecule has 4 aromatic rings. The number of carbonyl (C=O) groups is 2. The molecule has 0 bridgehead atoms. The van der Waals surface area contributed by atoms with Crippen molar-refractivity contribution in [3.63, 3.8) is 0 Å². The topological polar surface area (TPSA) is 62.3 Å². The summed E-state index contributed by atoms with van der Waals surface area (Å²) in [5.41, 5.74) is 0.600. The van der Waals surface area contributed by atoms with E-state index in [1.54, 1.807) is 29.6 Å². The summed E-state index contributed by atoms with van der Waals surface area (Å²) >= 11 is 1.17. The molecule has 1 unspecified atom stereocenters. The van der Waals surface area contributed by atoms with Crippen LogP contribution >= 0.6 is 11.3 Å². The molecule has 1 aromatic heterocycles. The number of carbonyl (C=O) groups excluding carboxylic acids is 2. The number of nitrogens with zero attached hydrogens (tertiary/aromatic N) is 2. The van der Waals surface area contributed by atoms with Gasteiger partial charge in [0, 0.05) is 16.6 Å². The maximum atomic E-state index is 13.6. The second kappa shape index (κ2) is 13.0. The first-order chi connectivity index (χ1) is 16.7. The summed E-state index contributed by atoms with van der Waals surface area (Å²) < 4.78 is 13.6. The van der Waals surface area contributed by atoms with Crippen LogP contribution in [-0.4, -0.2) is 22.3 Å².